The fraction of sp³-hybridized carbons (Fsp3) is 0.500. The zero-order valence-corrected chi connectivity index (χ0v) is 18.9. The van der Waals surface area contributed by atoms with Gasteiger partial charge in [0.1, 0.15) is 5.69 Å². The summed E-state index contributed by atoms with van der Waals surface area (Å²) >= 11 is 0. The summed E-state index contributed by atoms with van der Waals surface area (Å²) in [6, 6.07) is 9.48. The Morgan fingerprint density at radius 3 is 2.42 bits per heavy atom. The van der Waals surface area contributed by atoms with Crippen LogP contribution >= 0.6 is 0 Å². The molecule has 0 saturated carbocycles. The number of rotatable bonds is 7. The Kier molecular flexibility index (Phi) is 7.74. The lowest BCUT2D eigenvalue weighted by Crippen LogP contribution is -2.43. The average molecular weight is 424 g/mol. The van der Waals surface area contributed by atoms with E-state index in [1.54, 1.807) is 18.5 Å². The monoisotopic (exact) mass is 423 g/mol. The fourth-order valence-corrected chi connectivity index (χ4v) is 4.12. The highest BCUT2D eigenvalue weighted by Crippen LogP contribution is 2.27. The number of pyridine rings is 2. The van der Waals surface area contributed by atoms with Crippen molar-refractivity contribution < 1.29 is 9.59 Å². The van der Waals surface area contributed by atoms with Crippen LogP contribution in [0.5, 0.6) is 0 Å². The van der Waals surface area contributed by atoms with E-state index >= 15 is 0 Å². The quantitative estimate of drug-likeness (QED) is 0.741. The minimum atomic E-state index is -0.0951. The van der Waals surface area contributed by atoms with Crippen molar-refractivity contribution in [3.8, 4) is 0 Å². The van der Waals surface area contributed by atoms with Crippen molar-refractivity contribution in [2.75, 3.05) is 33.7 Å². The molecule has 3 rings (SSSR count). The van der Waals surface area contributed by atoms with Crippen LogP contribution in [0.1, 0.15) is 59.1 Å². The molecule has 31 heavy (non-hydrogen) atoms. The lowest BCUT2D eigenvalue weighted by molar-refractivity contribution is 0.0705. The first-order valence-corrected chi connectivity index (χ1v) is 11.0. The molecule has 1 atom stereocenters. The maximum atomic E-state index is 12.6. The maximum absolute atomic E-state index is 12.6. The van der Waals surface area contributed by atoms with E-state index in [9.17, 15) is 9.59 Å². The van der Waals surface area contributed by atoms with Crippen molar-refractivity contribution >= 4 is 11.8 Å². The molecule has 1 fully saturated rings. The number of amides is 2. The van der Waals surface area contributed by atoms with Crippen molar-refractivity contribution in [1.82, 2.24) is 25.1 Å². The highest BCUT2D eigenvalue weighted by Gasteiger charge is 2.26. The second-order valence-corrected chi connectivity index (χ2v) is 8.74. The van der Waals surface area contributed by atoms with Crippen molar-refractivity contribution in [1.29, 1.82) is 0 Å². The van der Waals surface area contributed by atoms with Crippen LogP contribution in [0.2, 0.25) is 0 Å². The Hall–Kier alpha value is -2.80. The molecule has 7 heteroatoms. The van der Waals surface area contributed by atoms with Gasteiger partial charge in [0.25, 0.3) is 11.8 Å². The highest BCUT2D eigenvalue weighted by molar-refractivity contribution is 5.94. The number of likely N-dealkylation sites (tertiary alicyclic amines) is 1. The summed E-state index contributed by atoms with van der Waals surface area (Å²) in [6.07, 6.45) is 5.02. The van der Waals surface area contributed by atoms with Gasteiger partial charge >= 0.3 is 0 Å². The first-order chi connectivity index (χ1) is 14.9. The van der Waals surface area contributed by atoms with E-state index in [1.165, 1.54) is 0 Å². The topological polar surface area (TPSA) is 78.4 Å². The molecule has 1 aliphatic heterocycles. The van der Waals surface area contributed by atoms with Crippen LogP contribution in [0.15, 0.2) is 42.7 Å². The lowest BCUT2D eigenvalue weighted by atomic mass is 9.92. The van der Waals surface area contributed by atoms with Gasteiger partial charge in [0.2, 0.25) is 0 Å². The van der Waals surface area contributed by atoms with Crippen LogP contribution in [-0.2, 0) is 0 Å². The molecule has 0 bridgehead atoms. The molecule has 2 amide bonds. The van der Waals surface area contributed by atoms with E-state index in [0.717, 1.165) is 18.5 Å². The summed E-state index contributed by atoms with van der Waals surface area (Å²) in [5.74, 6) is 0.633. The van der Waals surface area contributed by atoms with E-state index in [2.05, 4.69) is 34.0 Å². The molecule has 2 aromatic heterocycles. The third kappa shape index (κ3) is 5.88. The Morgan fingerprint density at radius 1 is 1.13 bits per heavy atom. The van der Waals surface area contributed by atoms with Gasteiger partial charge in [-0.1, -0.05) is 19.9 Å². The van der Waals surface area contributed by atoms with Gasteiger partial charge < -0.3 is 15.1 Å². The van der Waals surface area contributed by atoms with Crippen LogP contribution < -0.4 is 5.32 Å². The molecule has 0 aromatic carbocycles. The molecule has 0 spiro atoms. The van der Waals surface area contributed by atoms with Crippen LogP contribution in [0, 0.1) is 5.92 Å². The van der Waals surface area contributed by atoms with Gasteiger partial charge in [0.15, 0.2) is 0 Å². The number of nitrogens with zero attached hydrogens (tertiary/aromatic N) is 4. The minimum absolute atomic E-state index is 0.0172. The molecular formula is C24H33N5O2. The zero-order chi connectivity index (χ0) is 22.4. The summed E-state index contributed by atoms with van der Waals surface area (Å²) in [6.45, 7) is 6.29. The SMILES string of the molecule is CC(C)C(CNC(=O)c1ccc(C2CCN(C(=O)c3ccccn3)CC2)nc1)N(C)C. The Balaban J connectivity index is 1.52. The van der Waals surface area contributed by atoms with E-state index < -0.39 is 0 Å². The van der Waals surface area contributed by atoms with Crippen molar-refractivity contribution in [2.45, 2.75) is 38.6 Å². The van der Waals surface area contributed by atoms with E-state index in [-0.39, 0.29) is 17.9 Å². The lowest BCUT2D eigenvalue weighted by Gasteiger charge is -2.31. The number of hydrogen-bond acceptors (Lipinski definition) is 5. The number of piperidine rings is 1. The molecule has 1 N–H and O–H groups in total. The summed E-state index contributed by atoms with van der Waals surface area (Å²) in [4.78, 5) is 37.8. The molecule has 0 radical (unpaired) electrons. The van der Waals surface area contributed by atoms with Crippen LogP contribution in [0.4, 0.5) is 0 Å². The number of carbonyl (C=O) groups excluding carboxylic acids is 2. The first-order valence-electron chi connectivity index (χ1n) is 11.0. The molecule has 3 heterocycles. The molecule has 1 aliphatic rings. The number of carbonyl (C=O) groups is 2. The fourth-order valence-electron chi connectivity index (χ4n) is 4.12. The third-order valence-electron chi connectivity index (χ3n) is 6.04. The number of aromatic nitrogens is 2. The van der Waals surface area contributed by atoms with Gasteiger partial charge in [-0.3, -0.25) is 19.6 Å². The molecule has 166 valence electrons. The van der Waals surface area contributed by atoms with Gasteiger partial charge in [-0.15, -0.1) is 0 Å². The van der Waals surface area contributed by atoms with E-state index in [1.807, 2.05) is 43.3 Å². The maximum Gasteiger partial charge on any atom is 0.272 e. The molecule has 2 aromatic rings. The Labute approximate surface area is 184 Å². The molecule has 0 aliphatic carbocycles. The molecular weight excluding hydrogens is 390 g/mol. The van der Waals surface area contributed by atoms with Gasteiger partial charge in [0, 0.05) is 49.7 Å². The average Bonchev–Trinajstić information content (AvgIpc) is 2.79. The zero-order valence-electron chi connectivity index (χ0n) is 18.9. The van der Waals surface area contributed by atoms with Crippen molar-refractivity contribution in [2.24, 2.45) is 5.92 Å². The molecule has 1 saturated heterocycles. The van der Waals surface area contributed by atoms with Crippen molar-refractivity contribution in [3.63, 3.8) is 0 Å². The molecule has 1 unspecified atom stereocenters. The number of likely N-dealkylation sites (N-methyl/N-ethyl adjacent to an activating group) is 1. The van der Waals surface area contributed by atoms with Crippen LogP contribution in [0.25, 0.3) is 0 Å². The van der Waals surface area contributed by atoms with E-state index in [0.29, 0.717) is 42.7 Å². The third-order valence-corrected chi connectivity index (χ3v) is 6.04. The standard InChI is InChI=1S/C24H33N5O2/c1-17(2)22(28(3)4)16-27-23(30)19-8-9-20(26-15-19)18-10-13-29(14-11-18)24(31)21-7-5-6-12-25-21/h5-9,12,15,17-18,22H,10-11,13-14,16H2,1-4H3,(H,27,30). The predicted molar refractivity (Wildman–Crippen MR) is 121 cm³/mol. The highest BCUT2D eigenvalue weighted by atomic mass is 16.2. The summed E-state index contributed by atoms with van der Waals surface area (Å²) in [7, 11) is 4.06. The molecule has 7 nitrogen and oxygen atoms in total. The second kappa shape index (κ2) is 10.5. The van der Waals surface area contributed by atoms with Gasteiger partial charge in [0.05, 0.1) is 5.56 Å². The van der Waals surface area contributed by atoms with Gasteiger partial charge in [-0.05, 0) is 57.1 Å². The normalized spacial score (nSPS) is 15.9. The van der Waals surface area contributed by atoms with Gasteiger partial charge in [-0.25, -0.2) is 0 Å². The minimum Gasteiger partial charge on any atom is -0.350 e. The van der Waals surface area contributed by atoms with Crippen LogP contribution in [0.3, 0.4) is 0 Å². The van der Waals surface area contributed by atoms with Gasteiger partial charge in [-0.2, -0.15) is 0 Å². The summed E-state index contributed by atoms with van der Waals surface area (Å²) < 4.78 is 0. The summed E-state index contributed by atoms with van der Waals surface area (Å²) in [5.41, 5.74) is 2.05. The van der Waals surface area contributed by atoms with Crippen molar-refractivity contribution in [3.05, 3.63) is 59.7 Å². The number of nitrogens with one attached hydrogen (secondary N) is 1. The number of hydrogen-bond donors (Lipinski definition) is 1. The predicted octanol–water partition coefficient (Wildman–Crippen LogP) is 2.81. The largest absolute Gasteiger partial charge is 0.350 e. The van der Waals surface area contributed by atoms with E-state index in [4.69, 9.17) is 0 Å². The Morgan fingerprint density at radius 2 is 1.87 bits per heavy atom. The smallest absolute Gasteiger partial charge is 0.272 e. The summed E-state index contributed by atoms with van der Waals surface area (Å²) in [5, 5.41) is 3.02. The Bertz CT molecular complexity index is 851. The van der Waals surface area contributed by atoms with Crippen LogP contribution in [-0.4, -0.2) is 71.4 Å². The second-order valence-electron chi connectivity index (χ2n) is 8.74. The first kappa shape index (κ1) is 22.9.